The van der Waals surface area contributed by atoms with Crippen molar-refractivity contribution in [3.05, 3.63) is 36.3 Å². The summed E-state index contributed by atoms with van der Waals surface area (Å²) < 4.78 is 43.0. The maximum atomic E-state index is 14.5. The summed E-state index contributed by atoms with van der Waals surface area (Å²) in [6, 6.07) is 5.85. The van der Waals surface area contributed by atoms with Crippen molar-refractivity contribution in [3.63, 3.8) is 0 Å². The molecule has 3 N–H and O–H groups in total. The summed E-state index contributed by atoms with van der Waals surface area (Å²) in [5, 5.41) is 8.07. The standard InChI is InChI=1S/C18H22FN5O3S/c1-12-9-27-11-18(6-7-18)10-24(12)16-15(19)8-21-17(23-16)22-13-2-4-14(5-3-13)28(20,25)26/h2-5,8,12H,6-7,9-11H2,1H3,(H2,20,25,26)(H,21,22,23)/t12-/m0/s1. The molecule has 1 atom stereocenters. The molecule has 0 radical (unpaired) electrons. The third-order valence-corrected chi connectivity index (χ3v) is 6.13. The molecule has 2 aliphatic rings. The van der Waals surface area contributed by atoms with Gasteiger partial charge in [0.1, 0.15) is 0 Å². The summed E-state index contributed by atoms with van der Waals surface area (Å²) >= 11 is 0. The van der Waals surface area contributed by atoms with Crippen LogP contribution in [0.15, 0.2) is 35.4 Å². The minimum Gasteiger partial charge on any atom is -0.379 e. The molecular weight excluding hydrogens is 385 g/mol. The number of primary sulfonamides is 1. The first kappa shape index (κ1) is 19.0. The summed E-state index contributed by atoms with van der Waals surface area (Å²) in [7, 11) is -3.76. The van der Waals surface area contributed by atoms with Gasteiger partial charge in [-0.05, 0) is 44.0 Å². The van der Waals surface area contributed by atoms with Crippen molar-refractivity contribution in [1.82, 2.24) is 9.97 Å². The molecule has 1 aliphatic heterocycles. The van der Waals surface area contributed by atoms with Crippen molar-refractivity contribution in [1.29, 1.82) is 0 Å². The van der Waals surface area contributed by atoms with E-state index in [1.165, 1.54) is 12.1 Å². The molecule has 0 amide bonds. The Morgan fingerprint density at radius 1 is 1.32 bits per heavy atom. The van der Waals surface area contributed by atoms with Gasteiger partial charge < -0.3 is 15.0 Å². The van der Waals surface area contributed by atoms with Crippen LogP contribution in [-0.4, -0.2) is 44.2 Å². The van der Waals surface area contributed by atoms with Crippen LogP contribution in [0, 0.1) is 11.2 Å². The maximum absolute atomic E-state index is 14.5. The first-order valence-corrected chi connectivity index (χ1v) is 10.6. The molecule has 1 spiro atoms. The van der Waals surface area contributed by atoms with Gasteiger partial charge in [-0.3, -0.25) is 0 Å². The molecule has 1 aromatic carbocycles. The number of rotatable bonds is 4. The van der Waals surface area contributed by atoms with E-state index < -0.39 is 15.8 Å². The van der Waals surface area contributed by atoms with Crippen LogP contribution in [0.3, 0.4) is 0 Å². The molecule has 1 saturated heterocycles. The predicted octanol–water partition coefficient (Wildman–Crippen LogP) is 2.01. The van der Waals surface area contributed by atoms with Gasteiger partial charge in [0.15, 0.2) is 11.6 Å². The second-order valence-corrected chi connectivity index (χ2v) is 9.11. The van der Waals surface area contributed by atoms with Crippen LogP contribution >= 0.6 is 0 Å². The Hall–Kier alpha value is -2.30. The van der Waals surface area contributed by atoms with Crippen LogP contribution in [0.4, 0.5) is 21.8 Å². The summed E-state index contributed by atoms with van der Waals surface area (Å²) in [6.45, 7) is 3.90. The zero-order valence-electron chi connectivity index (χ0n) is 15.4. The molecule has 0 unspecified atom stereocenters. The molecule has 8 nitrogen and oxygen atoms in total. The van der Waals surface area contributed by atoms with Gasteiger partial charge in [-0.1, -0.05) is 0 Å². The normalized spacial score (nSPS) is 21.4. The van der Waals surface area contributed by atoms with Crippen molar-refractivity contribution in [2.75, 3.05) is 30.0 Å². The first-order chi connectivity index (χ1) is 13.3. The predicted molar refractivity (Wildman–Crippen MR) is 102 cm³/mol. The summed E-state index contributed by atoms with van der Waals surface area (Å²) in [5.41, 5.74) is 0.662. The van der Waals surface area contributed by atoms with E-state index >= 15 is 0 Å². The van der Waals surface area contributed by atoms with Crippen LogP contribution in [-0.2, 0) is 14.8 Å². The number of sulfonamides is 1. The van der Waals surface area contributed by atoms with Gasteiger partial charge in [-0.15, -0.1) is 0 Å². The Kier molecular flexibility index (Phi) is 4.72. The fraction of sp³-hybridized carbons (Fsp3) is 0.444. The number of hydrogen-bond donors (Lipinski definition) is 2. The van der Waals surface area contributed by atoms with E-state index in [4.69, 9.17) is 9.88 Å². The number of halogens is 1. The Morgan fingerprint density at radius 3 is 2.68 bits per heavy atom. The molecule has 1 aromatic heterocycles. The molecule has 2 fully saturated rings. The maximum Gasteiger partial charge on any atom is 0.238 e. The second-order valence-electron chi connectivity index (χ2n) is 7.55. The van der Waals surface area contributed by atoms with Crippen molar-refractivity contribution >= 4 is 27.5 Å². The van der Waals surface area contributed by atoms with Gasteiger partial charge in [-0.2, -0.15) is 4.98 Å². The zero-order valence-corrected chi connectivity index (χ0v) is 16.2. The molecule has 10 heteroatoms. The second kappa shape index (κ2) is 6.94. The van der Waals surface area contributed by atoms with E-state index in [1.807, 2.05) is 11.8 Å². The number of nitrogens with zero attached hydrogens (tertiary/aromatic N) is 3. The van der Waals surface area contributed by atoms with Gasteiger partial charge in [0.05, 0.1) is 30.3 Å². The van der Waals surface area contributed by atoms with Crippen LogP contribution in [0.2, 0.25) is 0 Å². The average molecular weight is 407 g/mol. The minimum atomic E-state index is -3.76. The van der Waals surface area contributed by atoms with Crippen LogP contribution < -0.4 is 15.4 Å². The van der Waals surface area contributed by atoms with Crippen molar-refractivity contribution in [2.24, 2.45) is 10.6 Å². The minimum absolute atomic E-state index is 0.00638. The van der Waals surface area contributed by atoms with Gasteiger partial charge in [0.25, 0.3) is 0 Å². The lowest BCUT2D eigenvalue weighted by atomic mass is 10.1. The van der Waals surface area contributed by atoms with Crippen LogP contribution in [0.1, 0.15) is 19.8 Å². The fourth-order valence-electron chi connectivity index (χ4n) is 3.34. The van der Waals surface area contributed by atoms with E-state index in [2.05, 4.69) is 15.3 Å². The Balaban J connectivity index is 1.58. The quantitative estimate of drug-likeness (QED) is 0.798. The summed E-state index contributed by atoms with van der Waals surface area (Å²) in [4.78, 5) is 10.3. The Labute approximate surface area is 163 Å². The van der Waals surface area contributed by atoms with Gasteiger partial charge in [0.2, 0.25) is 16.0 Å². The highest BCUT2D eigenvalue weighted by Crippen LogP contribution is 2.48. The van der Waals surface area contributed by atoms with Crippen molar-refractivity contribution in [3.8, 4) is 0 Å². The third-order valence-electron chi connectivity index (χ3n) is 5.20. The van der Waals surface area contributed by atoms with Crippen LogP contribution in [0.25, 0.3) is 0 Å². The monoisotopic (exact) mass is 407 g/mol. The zero-order chi connectivity index (χ0) is 19.9. The SMILES string of the molecule is C[C@H]1COCC2(CC2)CN1c1nc(Nc2ccc(S(N)(=O)=O)cc2)ncc1F. The lowest BCUT2D eigenvalue weighted by molar-refractivity contribution is 0.105. The van der Waals surface area contributed by atoms with Gasteiger partial charge in [-0.25, -0.2) is 22.9 Å². The van der Waals surface area contributed by atoms with E-state index in [9.17, 15) is 12.8 Å². The van der Waals surface area contributed by atoms with Gasteiger partial charge in [0, 0.05) is 17.6 Å². The van der Waals surface area contributed by atoms with Crippen LogP contribution in [0.5, 0.6) is 0 Å². The lowest BCUT2D eigenvalue weighted by Crippen LogP contribution is -2.39. The highest BCUT2D eigenvalue weighted by molar-refractivity contribution is 7.89. The molecule has 2 heterocycles. The topological polar surface area (TPSA) is 110 Å². The van der Waals surface area contributed by atoms with Gasteiger partial charge >= 0.3 is 0 Å². The molecule has 0 bridgehead atoms. The number of hydrogen-bond acceptors (Lipinski definition) is 7. The number of nitrogens with one attached hydrogen (secondary N) is 1. The van der Waals surface area contributed by atoms with E-state index in [0.29, 0.717) is 25.4 Å². The Bertz CT molecular complexity index is 979. The first-order valence-electron chi connectivity index (χ1n) is 9.03. The molecular formula is C18H22FN5O3S. The molecule has 1 saturated carbocycles. The summed E-state index contributed by atoms with van der Waals surface area (Å²) in [5.74, 6) is -0.0235. The smallest absolute Gasteiger partial charge is 0.238 e. The molecule has 150 valence electrons. The number of anilines is 3. The largest absolute Gasteiger partial charge is 0.379 e. The molecule has 28 heavy (non-hydrogen) atoms. The highest BCUT2D eigenvalue weighted by Gasteiger charge is 2.47. The number of ether oxygens (including phenoxy) is 1. The van der Waals surface area contributed by atoms with E-state index in [1.54, 1.807) is 12.1 Å². The van der Waals surface area contributed by atoms with Crippen molar-refractivity contribution < 1.29 is 17.5 Å². The number of benzene rings is 1. The average Bonchev–Trinajstić information content (AvgIpc) is 3.43. The molecule has 2 aromatic rings. The lowest BCUT2D eigenvalue weighted by Gasteiger charge is -2.30. The summed E-state index contributed by atoms with van der Waals surface area (Å²) in [6.07, 6.45) is 3.29. The number of aromatic nitrogens is 2. The number of nitrogens with two attached hydrogens (primary N) is 1. The molecule has 4 rings (SSSR count). The van der Waals surface area contributed by atoms with E-state index in [0.717, 1.165) is 19.0 Å². The highest BCUT2D eigenvalue weighted by atomic mass is 32.2. The van der Waals surface area contributed by atoms with E-state index in [-0.39, 0.29) is 28.1 Å². The molecule has 1 aliphatic carbocycles. The Morgan fingerprint density at radius 2 is 2.04 bits per heavy atom. The fourth-order valence-corrected chi connectivity index (χ4v) is 3.85. The van der Waals surface area contributed by atoms with Crippen molar-refractivity contribution in [2.45, 2.75) is 30.7 Å². The third kappa shape index (κ3) is 3.94.